The Morgan fingerprint density at radius 3 is 2.26 bits per heavy atom. The lowest BCUT2D eigenvalue weighted by atomic mass is 9.96. The zero-order valence-electron chi connectivity index (χ0n) is 17.5. The molecule has 0 radical (unpaired) electrons. The van der Waals surface area contributed by atoms with Crippen LogP contribution in [0.5, 0.6) is 0 Å². The highest BCUT2D eigenvalue weighted by Gasteiger charge is 2.32. The topological polar surface area (TPSA) is 101 Å². The van der Waals surface area contributed by atoms with Crippen molar-refractivity contribution in [2.75, 3.05) is 23.9 Å². The maximum atomic E-state index is 13.5. The SMILES string of the molecule is Cc1ccc(S(=O)(=O)N(CC(=O)N2CCC(C(N)=O)CC2)c2ccc(Cl)cc2C)cc1. The number of halogens is 1. The molecule has 0 aromatic heterocycles. The van der Waals surface area contributed by atoms with Crippen LogP contribution in [0, 0.1) is 19.8 Å². The molecule has 3 rings (SSSR count). The number of nitrogens with zero attached hydrogens (tertiary/aromatic N) is 2. The first-order valence-electron chi connectivity index (χ1n) is 10.0. The Balaban J connectivity index is 1.92. The lowest BCUT2D eigenvalue weighted by Crippen LogP contribution is -2.47. The van der Waals surface area contributed by atoms with E-state index in [4.69, 9.17) is 17.3 Å². The summed E-state index contributed by atoms with van der Waals surface area (Å²) in [4.78, 5) is 26.1. The summed E-state index contributed by atoms with van der Waals surface area (Å²) in [6.07, 6.45) is 0.956. The molecule has 1 saturated heterocycles. The molecular formula is C22H26ClN3O4S. The second-order valence-electron chi connectivity index (χ2n) is 7.81. The minimum atomic E-state index is -4.00. The Morgan fingerprint density at radius 2 is 1.71 bits per heavy atom. The molecule has 0 saturated carbocycles. The van der Waals surface area contributed by atoms with Crippen molar-refractivity contribution in [1.82, 2.24) is 4.90 Å². The van der Waals surface area contributed by atoms with Gasteiger partial charge >= 0.3 is 0 Å². The molecule has 9 heteroatoms. The van der Waals surface area contributed by atoms with Gasteiger partial charge in [-0.05, 0) is 62.6 Å². The van der Waals surface area contributed by atoms with Gasteiger partial charge in [0.25, 0.3) is 10.0 Å². The fraction of sp³-hybridized carbons (Fsp3) is 0.364. The molecule has 0 unspecified atom stereocenters. The Morgan fingerprint density at radius 1 is 1.10 bits per heavy atom. The molecule has 2 aromatic carbocycles. The number of anilines is 1. The molecule has 0 aliphatic carbocycles. The Labute approximate surface area is 187 Å². The third kappa shape index (κ3) is 5.19. The number of benzene rings is 2. The van der Waals surface area contributed by atoms with E-state index < -0.39 is 10.0 Å². The lowest BCUT2D eigenvalue weighted by molar-refractivity contribution is -0.133. The van der Waals surface area contributed by atoms with E-state index in [1.165, 1.54) is 12.1 Å². The monoisotopic (exact) mass is 463 g/mol. The van der Waals surface area contributed by atoms with E-state index >= 15 is 0 Å². The molecule has 0 bridgehead atoms. The van der Waals surface area contributed by atoms with Crippen LogP contribution in [0.4, 0.5) is 5.69 Å². The smallest absolute Gasteiger partial charge is 0.264 e. The van der Waals surface area contributed by atoms with Gasteiger partial charge in [-0.15, -0.1) is 0 Å². The van der Waals surface area contributed by atoms with Crippen LogP contribution in [0.3, 0.4) is 0 Å². The first-order chi connectivity index (χ1) is 14.6. The number of carbonyl (C=O) groups excluding carboxylic acids is 2. The minimum Gasteiger partial charge on any atom is -0.369 e. The molecule has 1 fully saturated rings. The highest BCUT2D eigenvalue weighted by molar-refractivity contribution is 7.92. The number of hydrogen-bond donors (Lipinski definition) is 1. The molecule has 2 amide bonds. The quantitative estimate of drug-likeness (QED) is 0.711. The third-order valence-corrected chi connectivity index (χ3v) is 7.57. The van der Waals surface area contributed by atoms with Crippen LogP contribution < -0.4 is 10.0 Å². The molecule has 2 aromatic rings. The van der Waals surface area contributed by atoms with Crippen LogP contribution in [-0.4, -0.2) is 44.8 Å². The first-order valence-corrected chi connectivity index (χ1v) is 11.8. The number of piperidine rings is 1. The van der Waals surface area contributed by atoms with E-state index in [9.17, 15) is 18.0 Å². The van der Waals surface area contributed by atoms with E-state index in [2.05, 4.69) is 0 Å². The number of rotatable bonds is 6. The molecule has 0 atom stereocenters. The number of primary amides is 1. The van der Waals surface area contributed by atoms with Crippen molar-refractivity contribution in [3.05, 3.63) is 58.6 Å². The minimum absolute atomic E-state index is 0.104. The second-order valence-corrected chi connectivity index (χ2v) is 10.1. The summed E-state index contributed by atoms with van der Waals surface area (Å²) < 4.78 is 28.1. The molecule has 31 heavy (non-hydrogen) atoms. The van der Waals surface area contributed by atoms with E-state index in [0.29, 0.717) is 42.2 Å². The summed E-state index contributed by atoms with van der Waals surface area (Å²) in [6, 6.07) is 11.4. The Bertz CT molecular complexity index is 1080. The number of nitrogens with two attached hydrogens (primary N) is 1. The zero-order valence-corrected chi connectivity index (χ0v) is 19.1. The Kier molecular flexibility index (Phi) is 6.91. The average molecular weight is 464 g/mol. The molecule has 1 aliphatic heterocycles. The van der Waals surface area contributed by atoms with Gasteiger partial charge in [0.1, 0.15) is 6.54 Å². The van der Waals surface area contributed by atoms with Gasteiger partial charge in [0.05, 0.1) is 10.6 Å². The lowest BCUT2D eigenvalue weighted by Gasteiger charge is -2.33. The number of likely N-dealkylation sites (tertiary alicyclic amines) is 1. The number of amides is 2. The molecule has 0 spiro atoms. The van der Waals surface area contributed by atoms with Gasteiger partial charge in [-0.3, -0.25) is 13.9 Å². The van der Waals surface area contributed by atoms with Crippen molar-refractivity contribution in [3.63, 3.8) is 0 Å². The van der Waals surface area contributed by atoms with Crippen molar-refractivity contribution < 1.29 is 18.0 Å². The second kappa shape index (κ2) is 9.28. The van der Waals surface area contributed by atoms with E-state index in [1.807, 2.05) is 6.92 Å². The van der Waals surface area contributed by atoms with Crippen LogP contribution in [0.2, 0.25) is 5.02 Å². The fourth-order valence-corrected chi connectivity index (χ4v) is 5.38. The first kappa shape index (κ1) is 23.1. The summed E-state index contributed by atoms with van der Waals surface area (Å²) in [5.41, 5.74) is 7.33. The van der Waals surface area contributed by atoms with Crippen molar-refractivity contribution >= 4 is 39.1 Å². The van der Waals surface area contributed by atoms with Crippen molar-refractivity contribution in [3.8, 4) is 0 Å². The number of carbonyl (C=O) groups is 2. The highest BCUT2D eigenvalue weighted by atomic mass is 35.5. The largest absolute Gasteiger partial charge is 0.369 e. The zero-order chi connectivity index (χ0) is 22.8. The predicted molar refractivity (Wildman–Crippen MR) is 120 cm³/mol. The standard InChI is InChI=1S/C22H26ClN3O4S/c1-15-3-6-19(7-4-15)31(29,30)26(20-8-5-18(23)13-16(20)2)14-21(27)25-11-9-17(10-12-25)22(24)28/h3-8,13,17H,9-12,14H2,1-2H3,(H2,24,28). The average Bonchev–Trinajstić information content (AvgIpc) is 2.72. The highest BCUT2D eigenvalue weighted by Crippen LogP contribution is 2.29. The summed E-state index contributed by atoms with van der Waals surface area (Å²) in [5, 5.41) is 0.480. The van der Waals surface area contributed by atoms with Crippen LogP contribution in [0.1, 0.15) is 24.0 Å². The van der Waals surface area contributed by atoms with Gasteiger partial charge in [0.2, 0.25) is 11.8 Å². The van der Waals surface area contributed by atoms with Gasteiger partial charge in [-0.1, -0.05) is 29.3 Å². The maximum absolute atomic E-state index is 13.5. The molecule has 1 heterocycles. The van der Waals surface area contributed by atoms with Crippen LogP contribution in [0.25, 0.3) is 0 Å². The Hall–Kier alpha value is -2.58. The fourth-order valence-electron chi connectivity index (χ4n) is 3.67. The van der Waals surface area contributed by atoms with Crippen molar-refractivity contribution in [2.45, 2.75) is 31.6 Å². The van der Waals surface area contributed by atoms with E-state index in [-0.39, 0.29) is 29.2 Å². The van der Waals surface area contributed by atoms with Crippen molar-refractivity contribution in [1.29, 1.82) is 0 Å². The summed E-state index contributed by atoms with van der Waals surface area (Å²) >= 11 is 6.06. The molecule has 7 nitrogen and oxygen atoms in total. The maximum Gasteiger partial charge on any atom is 0.264 e. The van der Waals surface area contributed by atoms with E-state index in [1.54, 1.807) is 42.2 Å². The molecule has 1 aliphatic rings. The third-order valence-electron chi connectivity index (χ3n) is 5.57. The van der Waals surface area contributed by atoms with Crippen LogP contribution in [-0.2, 0) is 19.6 Å². The molecule has 2 N–H and O–H groups in total. The van der Waals surface area contributed by atoms with Crippen LogP contribution >= 0.6 is 11.6 Å². The number of hydrogen-bond acceptors (Lipinski definition) is 4. The molecule has 166 valence electrons. The van der Waals surface area contributed by atoms with Crippen LogP contribution in [0.15, 0.2) is 47.4 Å². The summed E-state index contributed by atoms with van der Waals surface area (Å²) in [5.74, 6) is -0.949. The van der Waals surface area contributed by atoms with Gasteiger partial charge in [0.15, 0.2) is 0 Å². The van der Waals surface area contributed by atoms with Gasteiger partial charge < -0.3 is 10.6 Å². The number of sulfonamides is 1. The van der Waals surface area contributed by atoms with Gasteiger partial charge in [-0.25, -0.2) is 8.42 Å². The summed E-state index contributed by atoms with van der Waals surface area (Å²) in [7, 11) is -4.00. The molecular weight excluding hydrogens is 438 g/mol. The van der Waals surface area contributed by atoms with Crippen molar-refractivity contribution in [2.24, 2.45) is 11.7 Å². The normalized spacial score (nSPS) is 15.0. The number of aryl methyl sites for hydroxylation is 2. The van der Waals surface area contributed by atoms with Gasteiger partial charge in [-0.2, -0.15) is 0 Å². The van der Waals surface area contributed by atoms with Gasteiger partial charge in [0, 0.05) is 24.0 Å². The summed E-state index contributed by atoms with van der Waals surface area (Å²) in [6.45, 7) is 4.01. The van der Waals surface area contributed by atoms with E-state index in [0.717, 1.165) is 9.87 Å². The predicted octanol–water partition coefficient (Wildman–Crippen LogP) is 2.88.